The monoisotopic (exact) mass is 839 g/mol. The van der Waals surface area contributed by atoms with Crippen LogP contribution in [-0.2, 0) is 27.5 Å². The second-order valence-electron chi connectivity index (χ2n) is 14.2. The average Bonchev–Trinajstić information content (AvgIpc) is 3.70. The summed E-state index contributed by atoms with van der Waals surface area (Å²) < 4.78 is 10.7. The number of ether oxygens (including phenoxy) is 1. The summed E-state index contributed by atoms with van der Waals surface area (Å²) >= 11 is 0. The van der Waals surface area contributed by atoms with Crippen LogP contribution in [-0.4, -0.2) is 19.3 Å². The van der Waals surface area contributed by atoms with Gasteiger partial charge in [-0.25, -0.2) is 4.98 Å². The molecule has 0 radical (unpaired) electrons. The van der Waals surface area contributed by atoms with Crippen LogP contribution in [0.3, 0.4) is 0 Å². The summed E-state index contributed by atoms with van der Waals surface area (Å²) in [4.78, 5) is 4.73. The van der Waals surface area contributed by atoms with Crippen LogP contribution < -0.4 is 4.74 Å². The van der Waals surface area contributed by atoms with Gasteiger partial charge in [0.1, 0.15) is 5.82 Å². The van der Waals surface area contributed by atoms with Gasteiger partial charge in [-0.15, -0.1) is 35.7 Å². The molecule has 6 heteroatoms. The Morgan fingerprint density at radius 3 is 2.26 bits per heavy atom. The predicted octanol–water partition coefficient (Wildman–Crippen LogP) is 11.6. The first kappa shape index (κ1) is 35.4. The van der Waals surface area contributed by atoms with Gasteiger partial charge >= 0.3 is 21.1 Å². The fourth-order valence-corrected chi connectivity index (χ4v) is 6.76. The zero-order valence-corrected chi connectivity index (χ0v) is 32.2. The summed E-state index contributed by atoms with van der Waals surface area (Å²) in [6.45, 7) is 15.6. The molecule has 7 rings (SSSR count). The van der Waals surface area contributed by atoms with Gasteiger partial charge in [0.25, 0.3) is 0 Å². The van der Waals surface area contributed by atoms with Crippen molar-refractivity contribution in [3.63, 3.8) is 0 Å². The van der Waals surface area contributed by atoms with E-state index < -0.39 is 0 Å². The zero-order chi connectivity index (χ0) is 34.2. The molecule has 0 atom stereocenters. The summed E-state index contributed by atoms with van der Waals surface area (Å²) in [5.74, 6) is 3.52. The van der Waals surface area contributed by atoms with Crippen LogP contribution in [0.5, 0.6) is 11.5 Å². The number of rotatable bonds is 10. The molecule has 0 aliphatic heterocycles. The molecule has 0 saturated heterocycles. The van der Waals surface area contributed by atoms with Crippen LogP contribution in [0.15, 0.2) is 97.5 Å². The first-order chi connectivity index (χ1) is 23.7. The molecule has 4 aromatic carbocycles. The molecule has 0 aliphatic rings. The molecule has 0 aliphatic carbocycles. The quantitative estimate of drug-likeness (QED) is 0.129. The maximum absolute atomic E-state index is 6.61. The van der Waals surface area contributed by atoms with Crippen molar-refractivity contribution in [2.24, 2.45) is 5.92 Å². The molecule has 0 N–H and O–H groups in total. The molecule has 256 valence electrons. The van der Waals surface area contributed by atoms with E-state index in [9.17, 15) is 0 Å². The van der Waals surface area contributed by atoms with Crippen LogP contribution in [0.2, 0.25) is 0 Å². The molecule has 7 aromatic rings. The number of hydrogen-bond donors (Lipinski definition) is 0. The van der Waals surface area contributed by atoms with Crippen LogP contribution >= 0.6 is 0 Å². The molecule has 0 spiro atoms. The number of hydrogen-bond acceptors (Lipinski definition) is 3. The molecule has 5 nitrogen and oxygen atoms in total. The van der Waals surface area contributed by atoms with Crippen molar-refractivity contribution in [2.45, 2.75) is 73.1 Å². The fourth-order valence-electron chi connectivity index (χ4n) is 6.76. The first-order valence-electron chi connectivity index (χ1n) is 17.5. The van der Waals surface area contributed by atoms with Crippen LogP contribution in [0.25, 0.3) is 44.4 Å². The van der Waals surface area contributed by atoms with E-state index >= 15 is 0 Å². The van der Waals surface area contributed by atoms with Crippen molar-refractivity contribution in [1.29, 1.82) is 0 Å². The molecule has 0 saturated carbocycles. The van der Waals surface area contributed by atoms with Gasteiger partial charge in [0.05, 0.1) is 6.20 Å². The van der Waals surface area contributed by atoms with Gasteiger partial charge in [0, 0.05) is 35.0 Å². The Morgan fingerprint density at radius 2 is 1.54 bits per heavy atom. The standard InChI is InChI=1S/C44H44N4O.Pt/c1-28(2)15-16-32-22-34(47-27-33(26-46-47)44-37(29(3)4)12-10-13-38(44)30(5)6)24-36(23-32)49-35-17-18-40-39-11-8-9-14-41(39)48(42(40)25-35)43-21-31(7)19-20-45-43;/h8-14,17-23,26-30H,15-16H2,1-7H3;/q-2;+2. The maximum atomic E-state index is 6.61. The Kier molecular flexibility index (Phi) is 10.5. The number of para-hydroxylation sites is 1. The van der Waals surface area contributed by atoms with E-state index in [-0.39, 0.29) is 21.1 Å². The summed E-state index contributed by atoms with van der Waals surface area (Å²) in [7, 11) is 0. The third-order valence-corrected chi connectivity index (χ3v) is 9.30. The average molecular weight is 840 g/mol. The normalized spacial score (nSPS) is 11.6. The van der Waals surface area contributed by atoms with E-state index in [0.717, 1.165) is 57.3 Å². The van der Waals surface area contributed by atoms with E-state index in [1.165, 1.54) is 22.3 Å². The Labute approximate surface area is 310 Å². The smallest absolute Gasteiger partial charge is 0.509 e. The first-order valence-corrected chi connectivity index (χ1v) is 17.5. The molecule has 0 amide bonds. The van der Waals surface area contributed by atoms with Gasteiger partial charge in [-0.05, 0) is 82.6 Å². The third kappa shape index (κ3) is 7.07. The topological polar surface area (TPSA) is 44.9 Å². The minimum atomic E-state index is 0. The molecule has 0 unspecified atom stereocenters. The largest absolute Gasteiger partial charge is 2.00 e. The van der Waals surface area contributed by atoms with E-state index in [2.05, 4.69) is 138 Å². The Morgan fingerprint density at radius 1 is 0.780 bits per heavy atom. The van der Waals surface area contributed by atoms with Gasteiger partial charge in [-0.1, -0.05) is 89.9 Å². The van der Waals surface area contributed by atoms with Crippen molar-refractivity contribution < 1.29 is 25.8 Å². The van der Waals surface area contributed by atoms with Crippen molar-refractivity contribution in [3.8, 4) is 34.1 Å². The number of aryl methyl sites for hydroxylation is 2. The summed E-state index contributed by atoms with van der Waals surface area (Å²) in [5.41, 5.74) is 10.3. The summed E-state index contributed by atoms with van der Waals surface area (Å²) in [6.07, 6.45) is 8.00. The number of benzene rings is 4. The number of aromatic nitrogens is 4. The van der Waals surface area contributed by atoms with Gasteiger partial charge in [0.15, 0.2) is 0 Å². The molecule has 0 bridgehead atoms. The Balaban J connectivity index is 0.00000432. The van der Waals surface area contributed by atoms with E-state index in [1.54, 1.807) is 0 Å². The van der Waals surface area contributed by atoms with E-state index in [4.69, 9.17) is 14.8 Å². The molecule has 0 fully saturated rings. The second-order valence-corrected chi connectivity index (χ2v) is 14.2. The predicted molar refractivity (Wildman–Crippen MR) is 201 cm³/mol. The van der Waals surface area contributed by atoms with Crippen molar-refractivity contribution >= 4 is 21.8 Å². The molecular formula is C44H44N4OPt. The molecule has 3 heterocycles. The molecule has 3 aromatic heterocycles. The maximum Gasteiger partial charge on any atom is 2.00 e. The van der Waals surface area contributed by atoms with Gasteiger partial charge in [-0.2, -0.15) is 16.7 Å². The van der Waals surface area contributed by atoms with E-state index in [0.29, 0.717) is 29.3 Å². The molecular weight excluding hydrogens is 796 g/mol. The minimum Gasteiger partial charge on any atom is -0.509 e. The van der Waals surface area contributed by atoms with Crippen LogP contribution in [0, 0.1) is 25.0 Å². The third-order valence-electron chi connectivity index (χ3n) is 9.30. The Hall–Kier alpha value is -4.47. The minimum absolute atomic E-state index is 0. The SMILES string of the molecule is Cc1ccnc(-n2c3[c-]c(Oc4[c-]c(-n5cc(-c6c(C(C)C)cccc6C(C)C)cn5)cc(CCC(C)C)c4)ccc3c3ccccc32)c1.[Pt+2]. The summed E-state index contributed by atoms with van der Waals surface area (Å²) in [6, 6.07) is 34.8. The molecule has 50 heavy (non-hydrogen) atoms. The number of pyridine rings is 1. The zero-order valence-electron chi connectivity index (χ0n) is 29.9. The Bertz CT molecular complexity index is 2250. The van der Waals surface area contributed by atoms with Crippen LogP contribution in [0.4, 0.5) is 0 Å². The van der Waals surface area contributed by atoms with Crippen LogP contribution in [0.1, 0.15) is 82.1 Å². The fraction of sp³-hybridized carbons (Fsp3) is 0.273. The van der Waals surface area contributed by atoms with E-state index in [1.807, 2.05) is 29.2 Å². The van der Waals surface area contributed by atoms with Crippen molar-refractivity contribution in [2.75, 3.05) is 0 Å². The number of fused-ring (bicyclic) bond motifs is 3. The summed E-state index contributed by atoms with van der Waals surface area (Å²) in [5, 5.41) is 7.14. The second kappa shape index (κ2) is 14.8. The van der Waals surface area contributed by atoms with Gasteiger partial charge < -0.3 is 9.30 Å². The van der Waals surface area contributed by atoms with Crippen molar-refractivity contribution in [3.05, 3.63) is 132 Å². The van der Waals surface area contributed by atoms with Crippen molar-refractivity contribution in [1.82, 2.24) is 19.3 Å². The van der Waals surface area contributed by atoms with Gasteiger partial charge in [0.2, 0.25) is 0 Å². The van der Waals surface area contributed by atoms with Gasteiger partial charge in [-0.3, -0.25) is 4.68 Å². The number of nitrogens with zero attached hydrogens (tertiary/aromatic N) is 4.